The minimum atomic E-state index is -0.186. The third kappa shape index (κ3) is 3.27. The van der Waals surface area contributed by atoms with Gasteiger partial charge in [-0.1, -0.05) is 5.16 Å². The molecule has 0 aromatic carbocycles. The summed E-state index contributed by atoms with van der Waals surface area (Å²) >= 11 is 1.71. The van der Waals surface area contributed by atoms with Crippen molar-refractivity contribution in [2.75, 3.05) is 25.6 Å². The number of aromatic nitrogens is 2. The van der Waals surface area contributed by atoms with Gasteiger partial charge in [-0.25, -0.2) is 0 Å². The van der Waals surface area contributed by atoms with Crippen molar-refractivity contribution in [3.05, 3.63) is 11.7 Å². The summed E-state index contributed by atoms with van der Waals surface area (Å²) < 4.78 is 5.18. The van der Waals surface area contributed by atoms with Gasteiger partial charge in [0, 0.05) is 18.8 Å². The average Bonchev–Trinajstić information content (AvgIpc) is 3.07. The molecule has 0 spiro atoms. The van der Waals surface area contributed by atoms with Gasteiger partial charge in [0.15, 0.2) is 0 Å². The van der Waals surface area contributed by atoms with Gasteiger partial charge in [-0.2, -0.15) is 16.7 Å². The molecule has 106 valence electrons. The van der Waals surface area contributed by atoms with E-state index in [2.05, 4.69) is 15.5 Å². The number of nitrogens with one attached hydrogen (secondary N) is 1. The van der Waals surface area contributed by atoms with Crippen LogP contribution < -0.4 is 5.32 Å². The Bertz CT molecular complexity index is 431. The van der Waals surface area contributed by atoms with E-state index in [9.17, 15) is 4.79 Å². The maximum atomic E-state index is 12.2. The van der Waals surface area contributed by atoms with Crippen LogP contribution in [0.25, 0.3) is 0 Å². The molecule has 1 aliphatic heterocycles. The Morgan fingerprint density at radius 3 is 3.11 bits per heavy atom. The zero-order valence-corrected chi connectivity index (χ0v) is 12.4. The minimum absolute atomic E-state index is 0.1000. The molecule has 6 nitrogen and oxygen atoms in total. The second kappa shape index (κ2) is 6.38. The number of hydrogen-bond acceptors (Lipinski definition) is 6. The molecule has 1 fully saturated rings. The normalized spacial score (nSPS) is 20.5. The van der Waals surface area contributed by atoms with E-state index in [0.717, 1.165) is 25.1 Å². The fraction of sp³-hybridized carbons (Fsp3) is 0.750. The third-order valence-corrected chi connectivity index (χ3v) is 4.20. The van der Waals surface area contributed by atoms with Crippen molar-refractivity contribution in [1.29, 1.82) is 0 Å². The summed E-state index contributed by atoms with van der Waals surface area (Å²) in [6.07, 6.45) is 4.10. The van der Waals surface area contributed by atoms with E-state index in [-0.39, 0.29) is 23.8 Å². The molecule has 2 atom stereocenters. The first-order valence-corrected chi connectivity index (χ1v) is 7.86. The largest absolute Gasteiger partial charge is 0.337 e. The molecule has 1 saturated heterocycles. The highest BCUT2D eigenvalue weighted by Crippen LogP contribution is 2.21. The van der Waals surface area contributed by atoms with Crippen LogP contribution in [0.3, 0.4) is 0 Å². The van der Waals surface area contributed by atoms with E-state index in [0.29, 0.717) is 5.89 Å². The highest BCUT2D eigenvalue weighted by Gasteiger charge is 2.26. The molecule has 0 bridgehead atoms. The van der Waals surface area contributed by atoms with Crippen molar-refractivity contribution in [2.24, 2.45) is 0 Å². The predicted molar refractivity (Wildman–Crippen MR) is 74.2 cm³/mol. The molecule has 2 unspecified atom stereocenters. The van der Waals surface area contributed by atoms with Crippen molar-refractivity contribution in [2.45, 2.75) is 31.8 Å². The molecule has 1 amide bonds. The lowest BCUT2D eigenvalue weighted by Gasteiger charge is -2.22. The van der Waals surface area contributed by atoms with E-state index in [1.165, 1.54) is 0 Å². The van der Waals surface area contributed by atoms with E-state index < -0.39 is 0 Å². The molecule has 0 radical (unpaired) electrons. The molecule has 7 heteroatoms. The number of nitrogens with zero attached hydrogens (tertiary/aromatic N) is 3. The summed E-state index contributed by atoms with van der Waals surface area (Å²) in [6, 6.07) is 0.247. The van der Waals surface area contributed by atoms with Crippen molar-refractivity contribution in [3.8, 4) is 0 Å². The van der Waals surface area contributed by atoms with Crippen molar-refractivity contribution >= 4 is 17.7 Å². The Morgan fingerprint density at radius 2 is 2.47 bits per heavy atom. The topological polar surface area (TPSA) is 71.3 Å². The number of amides is 1. The molecule has 2 rings (SSSR count). The van der Waals surface area contributed by atoms with E-state index >= 15 is 0 Å². The first kappa shape index (κ1) is 14.3. The first-order valence-electron chi connectivity index (χ1n) is 6.46. The van der Waals surface area contributed by atoms with Gasteiger partial charge in [0.1, 0.15) is 0 Å². The van der Waals surface area contributed by atoms with E-state index in [1.54, 1.807) is 23.7 Å². The van der Waals surface area contributed by atoms with Gasteiger partial charge in [0.25, 0.3) is 11.7 Å². The SMILES string of the molecule is CSCC(C)N(C)C(=O)c1noc(C2CCCN2)n1. The van der Waals surface area contributed by atoms with Gasteiger partial charge in [-0.15, -0.1) is 0 Å². The summed E-state index contributed by atoms with van der Waals surface area (Å²) in [5.41, 5.74) is 0. The Morgan fingerprint density at radius 1 is 1.68 bits per heavy atom. The molecule has 1 aromatic rings. The minimum Gasteiger partial charge on any atom is -0.337 e. The third-order valence-electron chi connectivity index (χ3n) is 3.38. The molecular formula is C12H20N4O2S. The Kier molecular flexibility index (Phi) is 4.81. The van der Waals surface area contributed by atoms with E-state index in [1.807, 2.05) is 13.2 Å². The maximum absolute atomic E-state index is 12.2. The molecule has 1 N–H and O–H groups in total. The lowest BCUT2D eigenvalue weighted by Crippen LogP contribution is -2.37. The molecular weight excluding hydrogens is 264 g/mol. The summed E-state index contributed by atoms with van der Waals surface area (Å²) in [5, 5.41) is 7.07. The van der Waals surface area contributed by atoms with Crippen LogP contribution in [-0.4, -0.2) is 52.6 Å². The standard InChI is InChI=1S/C12H20N4O2S/c1-8(7-19-3)16(2)12(17)10-14-11(18-15-10)9-5-4-6-13-9/h8-9,13H,4-7H2,1-3H3. The Hall–Kier alpha value is -1.08. The number of rotatable bonds is 5. The van der Waals surface area contributed by atoms with E-state index in [4.69, 9.17) is 4.52 Å². The summed E-state index contributed by atoms with van der Waals surface area (Å²) in [4.78, 5) is 18.1. The summed E-state index contributed by atoms with van der Waals surface area (Å²) in [5.74, 6) is 1.37. The highest BCUT2D eigenvalue weighted by molar-refractivity contribution is 7.98. The summed E-state index contributed by atoms with van der Waals surface area (Å²) in [6.45, 7) is 2.97. The molecule has 1 aromatic heterocycles. The Labute approximate surface area is 117 Å². The second-order valence-corrected chi connectivity index (χ2v) is 5.74. The van der Waals surface area contributed by atoms with Crippen LogP contribution in [0.15, 0.2) is 4.52 Å². The van der Waals surface area contributed by atoms with Gasteiger partial charge >= 0.3 is 0 Å². The smallest absolute Gasteiger partial charge is 0.295 e. The van der Waals surface area contributed by atoms with Crippen molar-refractivity contribution < 1.29 is 9.32 Å². The molecule has 2 heterocycles. The van der Waals surface area contributed by atoms with Gasteiger partial charge in [-0.05, 0) is 32.6 Å². The maximum Gasteiger partial charge on any atom is 0.295 e. The van der Waals surface area contributed by atoms with Crippen LogP contribution in [0.4, 0.5) is 0 Å². The van der Waals surface area contributed by atoms with Gasteiger partial charge < -0.3 is 14.7 Å². The van der Waals surface area contributed by atoms with Crippen LogP contribution in [0.2, 0.25) is 0 Å². The van der Waals surface area contributed by atoms with Crippen LogP contribution in [-0.2, 0) is 0 Å². The second-order valence-electron chi connectivity index (χ2n) is 4.83. The lowest BCUT2D eigenvalue weighted by molar-refractivity contribution is 0.0742. The molecule has 19 heavy (non-hydrogen) atoms. The number of thioether (sulfide) groups is 1. The Balaban J connectivity index is 2.02. The predicted octanol–water partition coefficient (Wildman–Crippen LogP) is 1.32. The first-order chi connectivity index (χ1) is 9.13. The van der Waals surface area contributed by atoms with Crippen LogP contribution in [0.5, 0.6) is 0 Å². The van der Waals surface area contributed by atoms with Gasteiger partial charge in [-0.3, -0.25) is 4.79 Å². The average molecular weight is 284 g/mol. The quantitative estimate of drug-likeness (QED) is 0.879. The van der Waals surface area contributed by atoms with Crippen LogP contribution in [0, 0.1) is 0 Å². The molecule has 0 saturated carbocycles. The zero-order valence-electron chi connectivity index (χ0n) is 11.5. The summed E-state index contributed by atoms with van der Waals surface area (Å²) in [7, 11) is 1.77. The van der Waals surface area contributed by atoms with Gasteiger partial charge in [0.05, 0.1) is 6.04 Å². The fourth-order valence-electron chi connectivity index (χ4n) is 2.07. The van der Waals surface area contributed by atoms with Crippen LogP contribution in [0.1, 0.15) is 42.3 Å². The van der Waals surface area contributed by atoms with Crippen molar-refractivity contribution in [3.63, 3.8) is 0 Å². The molecule has 1 aliphatic rings. The van der Waals surface area contributed by atoms with Crippen LogP contribution >= 0.6 is 11.8 Å². The molecule has 0 aliphatic carbocycles. The zero-order chi connectivity index (χ0) is 13.8. The monoisotopic (exact) mass is 284 g/mol. The van der Waals surface area contributed by atoms with Crippen molar-refractivity contribution in [1.82, 2.24) is 20.4 Å². The number of carbonyl (C=O) groups excluding carboxylic acids is 1. The number of carbonyl (C=O) groups is 1. The highest BCUT2D eigenvalue weighted by atomic mass is 32.2. The van der Waals surface area contributed by atoms with Gasteiger partial charge in [0.2, 0.25) is 5.89 Å². The lowest BCUT2D eigenvalue weighted by atomic mass is 10.2. The number of hydrogen-bond donors (Lipinski definition) is 1. The fourth-order valence-corrected chi connectivity index (χ4v) is 2.78.